The molecule has 2 aromatic rings. The van der Waals surface area contributed by atoms with E-state index in [4.69, 9.17) is 0 Å². The van der Waals surface area contributed by atoms with Gasteiger partial charge in [0.2, 0.25) is 11.0 Å². The van der Waals surface area contributed by atoms with E-state index in [-0.39, 0.29) is 0 Å². The van der Waals surface area contributed by atoms with Gasteiger partial charge in [0.05, 0.1) is 5.75 Å². The second-order valence-corrected chi connectivity index (χ2v) is 5.36. The largest absolute Gasteiger partial charge is 0.225 e. The minimum absolute atomic E-state index is 1.13. The Bertz CT molecular complexity index is 408. The van der Waals surface area contributed by atoms with Crippen LogP contribution in [0.5, 0.6) is 0 Å². The van der Waals surface area contributed by atoms with Gasteiger partial charge in [0.1, 0.15) is 4.70 Å². The third kappa shape index (κ3) is 2.10. The highest BCUT2D eigenvalue weighted by Gasteiger charge is 2.09. The van der Waals surface area contributed by atoms with Gasteiger partial charge < -0.3 is 0 Å². The highest BCUT2D eigenvalue weighted by molar-refractivity contribution is 7.99. The molecule has 0 N–H and O–H groups in total. The van der Waals surface area contributed by atoms with Crippen molar-refractivity contribution in [3.8, 4) is 0 Å². The summed E-state index contributed by atoms with van der Waals surface area (Å²) in [6.07, 6.45) is 0. The van der Waals surface area contributed by atoms with E-state index in [1.165, 1.54) is 21.7 Å². The van der Waals surface area contributed by atoms with E-state index in [1.807, 2.05) is 23.1 Å². The fraction of sp³-hybridized carbons (Fsp3) is 0.364. The molecule has 1 aromatic heterocycles. The van der Waals surface area contributed by atoms with Crippen LogP contribution in [0.25, 0.3) is 10.2 Å². The zero-order chi connectivity index (χ0) is 9.80. The number of thioether (sulfide) groups is 1. The van der Waals surface area contributed by atoms with Crippen molar-refractivity contribution < 1.29 is 4.57 Å². The summed E-state index contributed by atoms with van der Waals surface area (Å²) in [5.41, 5.74) is 3.59. The maximum Gasteiger partial charge on any atom is 0.225 e. The van der Waals surface area contributed by atoms with Crippen LogP contribution in [0.4, 0.5) is 0 Å². The van der Waals surface area contributed by atoms with E-state index < -0.39 is 0 Å². The van der Waals surface area contributed by atoms with Crippen molar-refractivity contribution in [1.29, 1.82) is 0 Å². The number of rotatable bonds is 4. The highest BCUT2D eigenvalue weighted by Crippen LogP contribution is 2.15. The molecule has 0 aliphatic carbocycles. The number of thiazole rings is 1. The van der Waals surface area contributed by atoms with Gasteiger partial charge in [-0.05, 0) is 11.8 Å². The summed E-state index contributed by atoms with van der Waals surface area (Å²) in [6, 6.07) is 8.59. The SMILES string of the molecule is CCSCC[n+]1csc2ccccc21. The average Bonchev–Trinajstić information content (AvgIpc) is 2.63. The Morgan fingerprint density at radius 1 is 1.36 bits per heavy atom. The molecule has 1 aromatic carbocycles. The van der Waals surface area contributed by atoms with Gasteiger partial charge in [-0.15, -0.1) is 0 Å². The van der Waals surface area contributed by atoms with Crippen LogP contribution in [0.15, 0.2) is 29.8 Å². The van der Waals surface area contributed by atoms with Crippen molar-refractivity contribution in [3.63, 3.8) is 0 Å². The van der Waals surface area contributed by atoms with Gasteiger partial charge in [-0.3, -0.25) is 0 Å². The van der Waals surface area contributed by atoms with E-state index in [0.29, 0.717) is 0 Å². The Labute approximate surface area is 92.8 Å². The minimum atomic E-state index is 1.13. The molecule has 0 fully saturated rings. The molecule has 0 saturated heterocycles. The normalized spacial score (nSPS) is 10.9. The van der Waals surface area contributed by atoms with Gasteiger partial charge in [-0.25, -0.2) is 0 Å². The molecular weight excluding hydrogens is 210 g/mol. The molecule has 2 rings (SSSR count). The standard InChI is InChI=1S/C11H14NS2/c1-2-13-8-7-12-9-14-11-6-4-3-5-10(11)12/h3-6,9H,2,7-8H2,1H3/q+1. The Hall–Kier alpha value is -0.540. The first-order chi connectivity index (χ1) is 6.92. The van der Waals surface area contributed by atoms with Crippen LogP contribution >= 0.6 is 23.1 Å². The number of hydrogen-bond acceptors (Lipinski definition) is 2. The van der Waals surface area contributed by atoms with Crippen LogP contribution in [-0.4, -0.2) is 11.5 Å². The van der Waals surface area contributed by atoms with Gasteiger partial charge in [0.15, 0.2) is 6.54 Å². The topological polar surface area (TPSA) is 3.88 Å². The van der Waals surface area contributed by atoms with E-state index in [9.17, 15) is 0 Å². The van der Waals surface area contributed by atoms with Crippen LogP contribution in [0.3, 0.4) is 0 Å². The number of hydrogen-bond donors (Lipinski definition) is 0. The lowest BCUT2D eigenvalue weighted by molar-refractivity contribution is -0.662. The van der Waals surface area contributed by atoms with Crippen molar-refractivity contribution in [2.45, 2.75) is 13.5 Å². The smallest absolute Gasteiger partial charge is 0.188 e. The Kier molecular flexibility index (Phi) is 3.43. The van der Waals surface area contributed by atoms with Crippen molar-refractivity contribution in [1.82, 2.24) is 0 Å². The maximum absolute atomic E-state index is 2.35. The number of aryl methyl sites for hydroxylation is 1. The lowest BCUT2D eigenvalue weighted by Crippen LogP contribution is -2.32. The molecule has 0 amide bonds. The van der Waals surface area contributed by atoms with Crippen molar-refractivity contribution >= 4 is 33.3 Å². The zero-order valence-corrected chi connectivity index (χ0v) is 9.90. The van der Waals surface area contributed by atoms with Gasteiger partial charge in [0.25, 0.3) is 0 Å². The predicted octanol–water partition coefficient (Wildman–Crippen LogP) is 2.94. The molecule has 14 heavy (non-hydrogen) atoms. The molecule has 0 spiro atoms. The first-order valence-electron chi connectivity index (χ1n) is 4.85. The van der Waals surface area contributed by atoms with Crippen LogP contribution < -0.4 is 4.57 Å². The van der Waals surface area contributed by atoms with Gasteiger partial charge in [-0.2, -0.15) is 16.3 Å². The van der Waals surface area contributed by atoms with Crippen LogP contribution in [0, 0.1) is 0 Å². The molecule has 0 bridgehead atoms. The summed E-state index contributed by atoms with van der Waals surface area (Å²) in [6.45, 7) is 3.34. The lowest BCUT2D eigenvalue weighted by atomic mass is 10.3. The molecule has 0 atom stereocenters. The third-order valence-corrected chi connectivity index (χ3v) is 4.00. The first kappa shape index (κ1) is 9.99. The van der Waals surface area contributed by atoms with E-state index >= 15 is 0 Å². The Balaban J connectivity index is 2.17. The summed E-state index contributed by atoms with van der Waals surface area (Å²) >= 11 is 3.82. The fourth-order valence-corrected chi connectivity index (χ4v) is 2.99. The van der Waals surface area contributed by atoms with Crippen molar-refractivity contribution in [2.24, 2.45) is 0 Å². The van der Waals surface area contributed by atoms with E-state index in [0.717, 1.165) is 6.54 Å². The second kappa shape index (κ2) is 4.80. The average molecular weight is 224 g/mol. The van der Waals surface area contributed by atoms with Crippen LogP contribution in [0.2, 0.25) is 0 Å². The summed E-state index contributed by atoms with van der Waals surface area (Å²) in [5.74, 6) is 2.42. The quantitative estimate of drug-likeness (QED) is 0.570. The molecule has 0 saturated carbocycles. The summed E-state index contributed by atoms with van der Waals surface area (Å²) in [4.78, 5) is 0. The monoisotopic (exact) mass is 224 g/mol. The van der Waals surface area contributed by atoms with Crippen molar-refractivity contribution in [3.05, 3.63) is 29.8 Å². The number of benzene rings is 1. The molecular formula is C11H14NS2+. The van der Waals surface area contributed by atoms with Crippen LogP contribution in [0.1, 0.15) is 6.92 Å². The number of fused-ring (bicyclic) bond motifs is 1. The van der Waals surface area contributed by atoms with Gasteiger partial charge in [-0.1, -0.05) is 30.4 Å². The summed E-state index contributed by atoms with van der Waals surface area (Å²) in [7, 11) is 0. The molecule has 0 aliphatic rings. The van der Waals surface area contributed by atoms with E-state index in [2.05, 4.69) is 41.3 Å². The van der Waals surface area contributed by atoms with Gasteiger partial charge in [0, 0.05) is 6.07 Å². The molecule has 0 aliphatic heterocycles. The zero-order valence-electron chi connectivity index (χ0n) is 8.27. The first-order valence-corrected chi connectivity index (χ1v) is 6.88. The molecule has 3 heteroatoms. The molecule has 74 valence electrons. The fourth-order valence-electron chi connectivity index (χ4n) is 1.45. The van der Waals surface area contributed by atoms with E-state index in [1.54, 1.807) is 0 Å². The molecule has 1 heterocycles. The predicted molar refractivity (Wildman–Crippen MR) is 65.0 cm³/mol. The Morgan fingerprint density at radius 3 is 3.07 bits per heavy atom. The summed E-state index contributed by atoms with van der Waals surface area (Å²) in [5, 5.41) is 0. The van der Waals surface area contributed by atoms with Crippen molar-refractivity contribution in [2.75, 3.05) is 11.5 Å². The lowest BCUT2D eigenvalue weighted by Gasteiger charge is -1.93. The van der Waals surface area contributed by atoms with Crippen LogP contribution in [-0.2, 0) is 6.54 Å². The molecule has 0 radical (unpaired) electrons. The second-order valence-electron chi connectivity index (χ2n) is 3.08. The Morgan fingerprint density at radius 2 is 2.21 bits per heavy atom. The number of aromatic nitrogens is 1. The maximum atomic E-state index is 2.35. The number of nitrogens with zero attached hydrogens (tertiary/aromatic N) is 1. The third-order valence-electron chi connectivity index (χ3n) is 2.16. The minimum Gasteiger partial charge on any atom is -0.188 e. The highest BCUT2D eigenvalue weighted by atomic mass is 32.2. The molecule has 1 nitrogen and oxygen atoms in total. The summed E-state index contributed by atoms with van der Waals surface area (Å²) < 4.78 is 3.73. The number of para-hydroxylation sites is 1. The van der Waals surface area contributed by atoms with Gasteiger partial charge >= 0.3 is 0 Å². The molecule has 0 unspecified atom stereocenters.